The van der Waals surface area contributed by atoms with Crippen LogP contribution >= 0.6 is 0 Å². The topological polar surface area (TPSA) is 96.2 Å². The first-order valence-corrected chi connectivity index (χ1v) is 7.07. The number of hydrogen-bond donors (Lipinski definition) is 2. The van der Waals surface area contributed by atoms with E-state index in [4.69, 9.17) is 0 Å². The summed E-state index contributed by atoms with van der Waals surface area (Å²) in [7, 11) is 0. The number of aliphatic imine (C=N–C) groups is 1. The van der Waals surface area contributed by atoms with Gasteiger partial charge in [-0.1, -0.05) is 24.3 Å². The second-order valence-corrected chi connectivity index (χ2v) is 5.15. The second kappa shape index (κ2) is 5.27. The molecule has 0 fully saturated rings. The van der Waals surface area contributed by atoms with Crippen LogP contribution in [-0.2, 0) is 0 Å². The molecule has 2 N–H and O–H groups in total. The Morgan fingerprint density at radius 2 is 1.96 bits per heavy atom. The third-order valence-electron chi connectivity index (χ3n) is 3.72. The number of fused-ring (bicyclic) bond motifs is 3. The van der Waals surface area contributed by atoms with Gasteiger partial charge in [0.2, 0.25) is 0 Å². The van der Waals surface area contributed by atoms with Crippen molar-refractivity contribution in [2.75, 3.05) is 5.32 Å². The van der Waals surface area contributed by atoms with Gasteiger partial charge in [-0.3, -0.25) is 15.2 Å². The lowest BCUT2D eigenvalue weighted by Gasteiger charge is -2.08. The zero-order chi connectivity index (χ0) is 16.7. The lowest BCUT2D eigenvalue weighted by Crippen LogP contribution is -2.16. The average Bonchev–Trinajstić information content (AvgIpc) is 2.96. The van der Waals surface area contributed by atoms with Crippen LogP contribution in [0.1, 0.15) is 5.56 Å². The van der Waals surface area contributed by atoms with Crippen LogP contribution in [0.15, 0.2) is 53.7 Å². The third-order valence-corrected chi connectivity index (χ3v) is 3.72. The highest BCUT2D eigenvalue weighted by molar-refractivity contribution is 6.15. The highest BCUT2D eigenvalue weighted by Crippen LogP contribution is 2.37. The smallest absolute Gasteiger partial charge is 0.283 e. The van der Waals surface area contributed by atoms with Crippen LogP contribution in [0, 0.1) is 15.9 Å². The summed E-state index contributed by atoms with van der Waals surface area (Å²) in [4.78, 5) is 15.1. The van der Waals surface area contributed by atoms with E-state index in [0.717, 1.165) is 5.56 Å². The first-order valence-electron chi connectivity index (χ1n) is 7.07. The lowest BCUT2D eigenvalue weighted by atomic mass is 10.1. The summed E-state index contributed by atoms with van der Waals surface area (Å²) in [5.74, 6) is -0.660. The third kappa shape index (κ3) is 2.12. The van der Waals surface area contributed by atoms with Crippen molar-refractivity contribution in [3.8, 4) is 11.3 Å². The molecule has 0 bridgehead atoms. The monoisotopic (exact) mass is 323 g/mol. The predicted octanol–water partition coefficient (Wildman–Crippen LogP) is 3.63. The standard InChI is InChI=1S/C16H10FN5O2/c17-10-5-3-7-13(22(23)24)14(10)16-19-11-6-2-1-4-9(11)15-12(20-16)8-18-21-15/h1-8H,(H,18,21)(H,19,20). The van der Waals surface area contributed by atoms with Crippen LogP contribution in [0.25, 0.3) is 11.3 Å². The largest absolute Gasteiger partial charge is 0.336 e. The molecule has 7 nitrogen and oxygen atoms in total. The number of nitrogens with zero attached hydrogens (tertiary/aromatic N) is 3. The van der Waals surface area contributed by atoms with E-state index >= 15 is 0 Å². The Balaban J connectivity index is 1.99. The number of benzene rings is 2. The number of nitro groups is 1. The molecule has 0 radical (unpaired) electrons. The number of para-hydroxylation sites is 1. The minimum atomic E-state index is -0.722. The SMILES string of the molecule is O=[N+]([O-])c1cccc(F)c1C1=Nc2ccccc2-c2[nH]ncc2N1. The summed E-state index contributed by atoms with van der Waals surface area (Å²) >= 11 is 0. The molecule has 0 spiro atoms. The molecule has 1 aliphatic heterocycles. The van der Waals surface area contributed by atoms with Crippen molar-refractivity contribution in [3.05, 3.63) is 70.2 Å². The van der Waals surface area contributed by atoms with Gasteiger partial charge >= 0.3 is 0 Å². The van der Waals surface area contributed by atoms with Crippen molar-refractivity contribution in [1.82, 2.24) is 10.2 Å². The molecule has 3 aromatic rings. The highest BCUT2D eigenvalue weighted by Gasteiger charge is 2.26. The number of rotatable bonds is 2. The predicted molar refractivity (Wildman–Crippen MR) is 86.9 cm³/mol. The van der Waals surface area contributed by atoms with Crippen LogP contribution in [0.2, 0.25) is 0 Å². The Morgan fingerprint density at radius 3 is 2.79 bits per heavy atom. The summed E-state index contributed by atoms with van der Waals surface area (Å²) in [6.07, 6.45) is 1.53. The van der Waals surface area contributed by atoms with E-state index < -0.39 is 10.7 Å². The van der Waals surface area contributed by atoms with Crippen LogP contribution in [0.3, 0.4) is 0 Å². The molecular weight excluding hydrogens is 313 g/mol. The number of nitrogens with one attached hydrogen (secondary N) is 2. The van der Waals surface area contributed by atoms with Gasteiger partial charge in [-0.25, -0.2) is 9.38 Å². The van der Waals surface area contributed by atoms with E-state index in [1.807, 2.05) is 12.1 Å². The number of halogens is 1. The molecule has 0 saturated carbocycles. The summed E-state index contributed by atoms with van der Waals surface area (Å²) < 4.78 is 14.4. The van der Waals surface area contributed by atoms with Gasteiger partial charge in [-0.15, -0.1) is 0 Å². The fraction of sp³-hybridized carbons (Fsp3) is 0. The van der Waals surface area contributed by atoms with Crippen molar-refractivity contribution < 1.29 is 9.31 Å². The number of aromatic amines is 1. The maximum Gasteiger partial charge on any atom is 0.283 e. The Hall–Kier alpha value is -3.55. The molecular formula is C16H10FN5O2. The number of amidine groups is 1. The van der Waals surface area contributed by atoms with Gasteiger partial charge in [0.15, 0.2) is 0 Å². The van der Waals surface area contributed by atoms with Gasteiger partial charge in [0.05, 0.1) is 28.2 Å². The average molecular weight is 323 g/mol. The Morgan fingerprint density at radius 1 is 1.12 bits per heavy atom. The van der Waals surface area contributed by atoms with Crippen molar-refractivity contribution in [2.45, 2.75) is 0 Å². The number of nitro benzene ring substituents is 1. The zero-order valence-corrected chi connectivity index (χ0v) is 12.2. The van der Waals surface area contributed by atoms with Crippen LogP contribution in [-0.4, -0.2) is 21.0 Å². The van der Waals surface area contributed by atoms with E-state index in [0.29, 0.717) is 17.1 Å². The molecule has 118 valence electrons. The molecule has 2 aromatic carbocycles. The van der Waals surface area contributed by atoms with Crippen molar-refractivity contribution >= 4 is 22.9 Å². The molecule has 0 amide bonds. The van der Waals surface area contributed by atoms with Crippen molar-refractivity contribution in [2.24, 2.45) is 4.99 Å². The minimum absolute atomic E-state index is 0.0624. The molecule has 4 rings (SSSR count). The van der Waals surface area contributed by atoms with Crippen LogP contribution < -0.4 is 5.32 Å². The van der Waals surface area contributed by atoms with Crippen LogP contribution in [0.5, 0.6) is 0 Å². The number of H-pyrrole nitrogens is 1. The Kier molecular flexibility index (Phi) is 3.09. The fourth-order valence-corrected chi connectivity index (χ4v) is 2.66. The maximum atomic E-state index is 14.4. The van der Waals surface area contributed by atoms with E-state index in [1.165, 1.54) is 24.4 Å². The molecule has 8 heteroatoms. The van der Waals surface area contributed by atoms with E-state index in [-0.39, 0.29) is 17.1 Å². The van der Waals surface area contributed by atoms with E-state index in [1.54, 1.807) is 12.1 Å². The Labute approximate surface area is 135 Å². The van der Waals surface area contributed by atoms with Crippen molar-refractivity contribution in [3.63, 3.8) is 0 Å². The molecule has 2 heterocycles. The molecule has 0 aliphatic carbocycles. The van der Waals surface area contributed by atoms with Gasteiger partial charge in [0, 0.05) is 11.6 Å². The highest BCUT2D eigenvalue weighted by atomic mass is 19.1. The number of anilines is 1. The normalized spacial score (nSPS) is 12.5. The molecule has 24 heavy (non-hydrogen) atoms. The minimum Gasteiger partial charge on any atom is -0.336 e. The first kappa shape index (κ1) is 14.1. The molecule has 1 aromatic heterocycles. The quantitative estimate of drug-likeness (QED) is 0.556. The Bertz CT molecular complexity index is 996. The number of hydrogen-bond acceptors (Lipinski definition) is 5. The summed E-state index contributed by atoms with van der Waals surface area (Å²) in [5, 5.41) is 21.1. The number of aromatic nitrogens is 2. The van der Waals surface area contributed by atoms with Gasteiger partial charge in [-0.2, -0.15) is 5.10 Å². The van der Waals surface area contributed by atoms with Gasteiger partial charge < -0.3 is 5.32 Å². The van der Waals surface area contributed by atoms with Crippen LogP contribution in [0.4, 0.5) is 21.5 Å². The zero-order valence-electron chi connectivity index (χ0n) is 12.2. The summed E-state index contributed by atoms with van der Waals surface area (Å²) in [6, 6.07) is 10.9. The lowest BCUT2D eigenvalue weighted by molar-refractivity contribution is -0.385. The maximum absolute atomic E-state index is 14.4. The van der Waals surface area contributed by atoms with Gasteiger partial charge in [-0.05, 0) is 12.1 Å². The van der Waals surface area contributed by atoms with Gasteiger partial charge in [0.1, 0.15) is 17.2 Å². The molecule has 0 saturated heterocycles. The van der Waals surface area contributed by atoms with E-state index in [2.05, 4.69) is 20.5 Å². The second-order valence-electron chi connectivity index (χ2n) is 5.15. The fourth-order valence-electron chi connectivity index (χ4n) is 2.66. The summed E-state index contributed by atoms with van der Waals surface area (Å²) in [5.41, 5.74) is 2.03. The first-order chi connectivity index (χ1) is 11.6. The van der Waals surface area contributed by atoms with Gasteiger partial charge in [0.25, 0.3) is 5.69 Å². The van der Waals surface area contributed by atoms with E-state index in [9.17, 15) is 14.5 Å². The molecule has 0 atom stereocenters. The van der Waals surface area contributed by atoms with Crippen molar-refractivity contribution in [1.29, 1.82) is 0 Å². The molecule has 1 aliphatic rings. The summed E-state index contributed by atoms with van der Waals surface area (Å²) in [6.45, 7) is 0. The molecule has 0 unspecified atom stereocenters.